The van der Waals surface area contributed by atoms with Gasteiger partial charge in [-0.15, -0.1) is 0 Å². The second-order valence-electron chi connectivity index (χ2n) is 6.44. The lowest BCUT2D eigenvalue weighted by molar-refractivity contribution is -0.117. The molecule has 9 heteroatoms. The zero-order valence-electron chi connectivity index (χ0n) is 17.6. The number of nitrogens with one attached hydrogen (secondary N) is 2. The number of hydrogen-bond acceptors (Lipinski definition) is 5. The van der Waals surface area contributed by atoms with Crippen molar-refractivity contribution in [2.75, 3.05) is 13.7 Å². The molecule has 0 saturated carbocycles. The summed E-state index contributed by atoms with van der Waals surface area (Å²) in [5, 5.41) is 4.87. The van der Waals surface area contributed by atoms with Gasteiger partial charge in [-0.25, -0.2) is 0 Å². The summed E-state index contributed by atoms with van der Waals surface area (Å²) >= 11 is 6.35. The van der Waals surface area contributed by atoms with Crippen molar-refractivity contribution in [1.29, 1.82) is 0 Å². The van der Waals surface area contributed by atoms with E-state index >= 15 is 0 Å². The van der Waals surface area contributed by atoms with Gasteiger partial charge >= 0.3 is 0 Å². The number of benzene rings is 1. The van der Waals surface area contributed by atoms with Crippen LogP contribution in [0.25, 0.3) is 6.08 Å². The summed E-state index contributed by atoms with van der Waals surface area (Å²) < 4.78 is 12.4. The topological polar surface area (TPSA) is 94.5 Å². The number of carbonyl (C=O) groups is 2. The molecule has 0 unspecified atom stereocenters. The molecule has 0 atom stereocenters. The normalized spacial score (nSPS) is 10.8. The van der Waals surface area contributed by atoms with E-state index in [1.165, 1.54) is 19.3 Å². The van der Waals surface area contributed by atoms with Gasteiger partial charge in [0.1, 0.15) is 5.15 Å². The smallest absolute Gasteiger partial charge is 0.269 e. The Kier molecular flexibility index (Phi) is 8.73. The van der Waals surface area contributed by atoms with Gasteiger partial charge in [-0.05, 0) is 44.5 Å². The number of aromatic nitrogens is 2. The summed E-state index contributed by atoms with van der Waals surface area (Å²) in [6, 6.07) is 4.76. The predicted molar refractivity (Wildman–Crippen MR) is 116 cm³/mol. The largest absolute Gasteiger partial charge is 0.493 e. The van der Waals surface area contributed by atoms with E-state index in [9.17, 15) is 9.59 Å². The Balaban J connectivity index is 1.98. The maximum atomic E-state index is 12.3. The van der Waals surface area contributed by atoms with Crippen LogP contribution < -0.4 is 20.3 Å². The number of rotatable bonds is 9. The fraction of sp³-hybridized carbons (Fsp3) is 0.381. The number of hydrogen-bond donors (Lipinski definition) is 2. The number of unbranched alkanes of at least 4 members (excludes halogenated alkanes) is 1. The molecule has 30 heavy (non-hydrogen) atoms. The van der Waals surface area contributed by atoms with E-state index in [1.54, 1.807) is 22.9 Å². The molecule has 0 aliphatic heterocycles. The molecule has 1 heterocycles. The van der Waals surface area contributed by atoms with Gasteiger partial charge in [0.25, 0.3) is 11.8 Å². The Labute approximate surface area is 181 Å². The SMILES string of the molecule is CCCCn1nc(C)c(C=CC(=O)NNC(=O)c2ccc(OCC)c(OC)c2)c1Cl. The summed E-state index contributed by atoms with van der Waals surface area (Å²) in [6.07, 6.45) is 4.86. The number of ether oxygens (including phenoxy) is 2. The molecule has 0 radical (unpaired) electrons. The first-order valence-corrected chi connectivity index (χ1v) is 10.1. The third-order valence-corrected chi connectivity index (χ3v) is 4.66. The van der Waals surface area contributed by atoms with Crippen LogP contribution in [0.2, 0.25) is 5.15 Å². The Bertz CT molecular complexity index is 924. The molecule has 0 fully saturated rings. The van der Waals surface area contributed by atoms with Gasteiger partial charge in [-0.2, -0.15) is 5.10 Å². The van der Waals surface area contributed by atoms with Gasteiger partial charge in [-0.1, -0.05) is 24.9 Å². The van der Waals surface area contributed by atoms with Crippen LogP contribution in [0.4, 0.5) is 0 Å². The van der Waals surface area contributed by atoms with Crippen molar-refractivity contribution >= 4 is 29.5 Å². The van der Waals surface area contributed by atoms with Crippen molar-refractivity contribution in [2.24, 2.45) is 0 Å². The average Bonchev–Trinajstić information content (AvgIpc) is 3.01. The number of carbonyl (C=O) groups excluding carboxylic acids is 2. The molecule has 1 aromatic heterocycles. The molecule has 2 aromatic rings. The first-order valence-electron chi connectivity index (χ1n) is 9.73. The third-order valence-electron chi connectivity index (χ3n) is 4.26. The zero-order chi connectivity index (χ0) is 22.1. The van der Waals surface area contributed by atoms with Crippen molar-refractivity contribution in [1.82, 2.24) is 20.6 Å². The van der Waals surface area contributed by atoms with Crippen LogP contribution in [0.15, 0.2) is 24.3 Å². The molecular weight excluding hydrogens is 408 g/mol. The third kappa shape index (κ3) is 6.00. The monoisotopic (exact) mass is 434 g/mol. The van der Waals surface area contributed by atoms with Crippen molar-refractivity contribution in [3.05, 3.63) is 46.2 Å². The van der Waals surface area contributed by atoms with Gasteiger partial charge < -0.3 is 9.47 Å². The highest BCUT2D eigenvalue weighted by Gasteiger charge is 2.13. The Hall–Kier alpha value is -3.00. The standard InChI is InChI=1S/C21H27ClN4O4/c1-5-7-12-26-20(22)16(14(3)25-26)9-11-19(27)23-24-21(28)15-8-10-17(30-6-2)18(13-15)29-4/h8-11,13H,5-7,12H2,1-4H3,(H,23,27)(H,24,28). The maximum Gasteiger partial charge on any atom is 0.269 e. The van der Waals surface area contributed by atoms with Crippen LogP contribution in [-0.2, 0) is 11.3 Å². The van der Waals surface area contributed by atoms with Gasteiger partial charge in [-0.3, -0.25) is 25.1 Å². The van der Waals surface area contributed by atoms with Gasteiger partial charge in [0.2, 0.25) is 0 Å². The molecule has 0 aliphatic rings. The van der Waals surface area contributed by atoms with E-state index in [0.717, 1.165) is 25.1 Å². The fourth-order valence-corrected chi connectivity index (χ4v) is 3.01. The summed E-state index contributed by atoms with van der Waals surface area (Å²) in [6.45, 7) is 6.97. The molecule has 162 valence electrons. The quantitative estimate of drug-likeness (QED) is 0.465. The number of hydrazine groups is 1. The Morgan fingerprint density at radius 2 is 2.00 bits per heavy atom. The number of aryl methyl sites for hydroxylation is 2. The number of amides is 2. The summed E-state index contributed by atoms with van der Waals surface area (Å²) in [5.74, 6) is -0.0195. The van der Waals surface area contributed by atoms with E-state index < -0.39 is 11.8 Å². The summed E-state index contributed by atoms with van der Waals surface area (Å²) in [4.78, 5) is 24.4. The van der Waals surface area contributed by atoms with Gasteiger partial charge in [0.05, 0.1) is 19.4 Å². The molecule has 2 amide bonds. The molecule has 2 N–H and O–H groups in total. The van der Waals surface area contributed by atoms with Crippen LogP contribution in [0, 0.1) is 6.92 Å². The molecule has 1 aromatic carbocycles. The predicted octanol–water partition coefficient (Wildman–Crippen LogP) is 3.53. The first-order chi connectivity index (χ1) is 14.4. The first kappa shape index (κ1) is 23.3. The minimum atomic E-state index is -0.502. The van der Waals surface area contributed by atoms with Crippen LogP contribution in [0.3, 0.4) is 0 Å². The zero-order valence-corrected chi connectivity index (χ0v) is 18.4. The van der Waals surface area contributed by atoms with E-state index in [4.69, 9.17) is 21.1 Å². The highest BCUT2D eigenvalue weighted by molar-refractivity contribution is 6.31. The Morgan fingerprint density at radius 1 is 1.23 bits per heavy atom. The average molecular weight is 435 g/mol. The number of halogens is 1. The van der Waals surface area contributed by atoms with Crippen LogP contribution in [0.5, 0.6) is 11.5 Å². The van der Waals surface area contributed by atoms with Crippen LogP contribution in [0.1, 0.15) is 48.3 Å². The minimum absolute atomic E-state index is 0.315. The van der Waals surface area contributed by atoms with E-state index in [0.29, 0.717) is 34.4 Å². The van der Waals surface area contributed by atoms with Crippen LogP contribution in [-0.4, -0.2) is 35.3 Å². The maximum absolute atomic E-state index is 12.3. The highest BCUT2D eigenvalue weighted by Crippen LogP contribution is 2.28. The van der Waals surface area contributed by atoms with Crippen LogP contribution >= 0.6 is 11.6 Å². The molecule has 0 spiro atoms. The van der Waals surface area contributed by atoms with E-state index in [1.807, 2.05) is 13.8 Å². The lowest BCUT2D eigenvalue weighted by Crippen LogP contribution is -2.40. The Morgan fingerprint density at radius 3 is 2.67 bits per heavy atom. The summed E-state index contributed by atoms with van der Waals surface area (Å²) in [5.41, 5.74) is 6.42. The van der Waals surface area contributed by atoms with Crippen molar-refractivity contribution in [3.63, 3.8) is 0 Å². The lowest BCUT2D eigenvalue weighted by Gasteiger charge is -2.11. The second kappa shape index (κ2) is 11.3. The van der Waals surface area contributed by atoms with E-state index in [2.05, 4.69) is 22.9 Å². The second-order valence-corrected chi connectivity index (χ2v) is 6.80. The molecule has 0 saturated heterocycles. The van der Waals surface area contributed by atoms with E-state index in [-0.39, 0.29) is 0 Å². The molecule has 2 rings (SSSR count). The van der Waals surface area contributed by atoms with Crippen molar-refractivity contribution in [2.45, 2.75) is 40.2 Å². The summed E-state index contributed by atoms with van der Waals surface area (Å²) in [7, 11) is 1.49. The van der Waals surface area contributed by atoms with Gasteiger partial charge in [0.15, 0.2) is 11.5 Å². The van der Waals surface area contributed by atoms with Gasteiger partial charge in [0, 0.05) is 23.7 Å². The number of methoxy groups -OCH3 is 1. The highest BCUT2D eigenvalue weighted by atomic mass is 35.5. The van der Waals surface area contributed by atoms with Crippen molar-refractivity contribution < 1.29 is 19.1 Å². The molecule has 0 aliphatic carbocycles. The minimum Gasteiger partial charge on any atom is -0.493 e. The molecule has 8 nitrogen and oxygen atoms in total. The lowest BCUT2D eigenvalue weighted by atomic mass is 10.2. The molecule has 0 bridgehead atoms. The molecular formula is C21H27ClN4O4. The fourth-order valence-electron chi connectivity index (χ4n) is 2.69. The number of nitrogens with zero attached hydrogens (tertiary/aromatic N) is 2. The van der Waals surface area contributed by atoms with Crippen molar-refractivity contribution in [3.8, 4) is 11.5 Å².